The number of hydrogen-bond donors (Lipinski definition) is 3. The molecule has 3 saturated heterocycles. The molecule has 3 aliphatic rings. The summed E-state index contributed by atoms with van der Waals surface area (Å²) in [6.45, 7) is 10.4. The van der Waals surface area contributed by atoms with E-state index in [-0.39, 0.29) is 5.56 Å². The Morgan fingerprint density at radius 1 is 1.05 bits per heavy atom. The Hall–Kier alpha value is -3.40. The van der Waals surface area contributed by atoms with Crippen molar-refractivity contribution >= 4 is 34.2 Å². The van der Waals surface area contributed by atoms with Gasteiger partial charge < -0.3 is 34.1 Å². The lowest BCUT2D eigenvalue weighted by Gasteiger charge is -2.61. The van der Waals surface area contributed by atoms with Gasteiger partial charge >= 0.3 is 0 Å². The smallest absolute Gasteiger partial charge is 0.274 e. The van der Waals surface area contributed by atoms with Crippen LogP contribution in [0.3, 0.4) is 0 Å². The van der Waals surface area contributed by atoms with Gasteiger partial charge in [-0.2, -0.15) is 0 Å². The molecule has 9 heteroatoms. The number of aryl methyl sites for hydroxylation is 1. The third kappa shape index (κ3) is 5.29. The molecule has 42 heavy (non-hydrogen) atoms. The second-order valence-corrected chi connectivity index (χ2v) is 13.4. The van der Waals surface area contributed by atoms with E-state index < -0.39 is 0 Å². The maximum absolute atomic E-state index is 12.7. The highest BCUT2D eigenvalue weighted by Gasteiger charge is 2.51. The number of hydrogen-bond acceptors (Lipinski definition) is 7. The number of anilines is 2. The van der Waals surface area contributed by atoms with Crippen LogP contribution in [0.25, 0.3) is 22.0 Å². The van der Waals surface area contributed by atoms with Crippen LogP contribution in [0.2, 0.25) is 0 Å². The summed E-state index contributed by atoms with van der Waals surface area (Å²) in [5.74, 6) is 3.39. The maximum atomic E-state index is 12.7. The van der Waals surface area contributed by atoms with Crippen LogP contribution in [-0.4, -0.2) is 66.0 Å². The third-order valence-electron chi connectivity index (χ3n) is 9.05. The van der Waals surface area contributed by atoms with Crippen LogP contribution < -0.4 is 25.2 Å². The molecule has 8 nitrogen and oxygen atoms in total. The highest BCUT2D eigenvalue weighted by Crippen LogP contribution is 2.44. The van der Waals surface area contributed by atoms with E-state index in [4.69, 9.17) is 4.74 Å². The topological polar surface area (TPSA) is 77.6 Å². The van der Waals surface area contributed by atoms with Crippen LogP contribution in [0.5, 0.6) is 11.5 Å². The fraction of sp³-hybridized carbons (Fsp3) is 0.424. The van der Waals surface area contributed by atoms with Gasteiger partial charge in [0.05, 0.1) is 0 Å². The van der Waals surface area contributed by atoms with Gasteiger partial charge in [-0.3, -0.25) is 4.79 Å². The number of H-pyrrole nitrogens is 1. The molecule has 0 bridgehead atoms. The Bertz CT molecular complexity index is 1630. The molecule has 2 aromatic carbocycles. The number of ether oxygens (including phenoxy) is 1. The van der Waals surface area contributed by atoms with Crippen LogP contribution in [0.15, 0.2) is 65.7 Å². The quantitative estimate of drug-likeness (QED) is 0.224. The molecule has 1 spiro atoms. The highest BCUT2D eigenvalue weighted by molar-refractivity contribution is 8.00. The van der Waals surface area contributed by atoms with Crippen molar-refractivity contribution in [1.82, 2.24) is 19.8 Å². The lowest BCUT2D eigenvalue weighted by Crippen LogP contribution is -2.72. The van der Waals surface area contributed by atoms with Gasteiger partial charge in [-0.05, 0) is 68.2 Å². The molecule has 3 N–H and O–H groups in total. The highest BCUT2D eigenvalue weighted by atomic mass is 32.2. The molecule has 3 fully saturated rings. The molecular weight excluding hydrogens is 544 g/mol. The van der Waals surface area contributed by atoms with Gasteiger partial charge in [-0.25, -0.2) is 0 Å². The number of benzene rings is 2. The maximum Gasteiger partial charge on any atom is 0.274 e. The molecule has 0 radical (unpaired) electrons. The molecule has 220 valence electrons. The van der Waals surface area contributed by atoms with Crippen molar-refractivity contribution in [3.8, 4) is 22.6 Å². The summed E-state index contributed by atoms with van der Waals surface area (Å²) in [5, 5.41) is 4.37. The van der Waals surface area contributed by atoms with Gasteiger partial charge in [-0.15, -0.1) is 0 Å². The van der Waals surface area contributed by atoms with Crippen molar-refractivity contribution in [3.63, 3.8) is 0 Å². The first-order valence-electron chi connectivity index (χ1n) is 15.2. The summed E-state index contributed by atoms with van der Waals surface area (Å²) in [6, 6.07) is 16.6. The van der Waals surface area contributed by atoms with Gasteiger partial charge in [-0.1, -0.05) is 24.9 Å². The average Bonchev–Trinajstić information content (AvgIpc) is 3.46. The predicted molar refractivity (Wildman–Crippen MR) is 174 cm³/mol. The van der Waals surface area contributed by atoms with Gasteiger partial charge in [0.15, 0.2) is 0 Å². The van der Waals surface area contributed by atoms with Crippen molar-refractivity contribution in [2.24, 2.45) is 18.4 Å². The zero-order valence-electron chi connectivity index (χ0n) is 24.5. The molecule has 3 aliphatic heterocycles. The fourth-order valence-electron chi connectivity index (χ4n) is 7.01. The number of likely N-dealkylation sites (tertiary alicyclic amines) is 1. The lowest BCUT2D eigenvalue weighted by atomic mass is 9.72. The van der Waals surface area contributed by atoms with Crippen LogP contribution >= 0.6 is 11.9 Å². The minimum atomic E-state index is -0.0436. The van der Waals surface area contributed by atoms with Crippen LogP contribution in [0.4, 0.5) is 11.4 Å². The van der Waals surface area contributed by atoms with Gasteiger partial charge in [0.1, 0.15) is 17.0 Å². The van der Waals surface area contributed by atoms with Crippen molar-refractivity contribution in [1.29, 1.82) is 0 Å². The minimum Gasteiger partial charge on any atom is -0.457 e. The monoisotopic (exact) mass is 584 g/mol. The largest absolute Gasteiger partial charge is 0.457 e. The van der Waals surface area contributed by atoms with Gasteiger partial charge in [0, 0.05) is 97.3 Å². The van der Waals surface area contributed by atoms with E-state index in [2.05, 4.69) is 56.0 Å². The number of aromatic amines is 1. The summed E-state index contributed by atoms with van der Waals surface area (Å²) in [6.07, 6.45) is 6.36. The minimum absolute atomic E-state index is 0.0436. The van der Waals surface area contributed by atoms with Gasteiger partial charge in [0.25, 0.3) is 5.56 Å². The van der Waals surface area contributed by atoms with E-state index in [0.717, 1.165) is 58.5 Å². The number of piperidine rings is 1. The molecule has 0 atom stereocenters. The molecule has 2 aromatic heterocycles. The van der Waals surface area contributed by atoms with E-state index in [0.29, 0.717) is 10.9 Å². The SMILES string of the molecule is CCSNc1ccc(Oc2cccc(N3CC4(CN(CC5CCNCC5)C4)C3)c2)c(-c2cn(C)c(=O)c3[nH]ccc23)c1. The van der Waals surface area contributed by atoms with Crippen molar-refractivity contribution < 1.29 is 4.74 Å². The number of nitrogens with zero attached hydrogens (tertiary/aromatic N) is 3. The molecule has 0 aliphatic carbocycles. The van der Waals surface area contributed by atoms with E-state index in [1.807, 2.05) is 36.7 Å². The zero-order valence-corrected chi connectivity index (χ0v) is 25.3. The van der Waals surface area contributed by atoms with E-state index in [1.165, 1.54) is 51.3 Å². The summed E-state index contributed by atoms with van der Waals surface area (Å²) in [7, 11) is 1.79. The Kier molecular flexibility index (Phi) is 7.42. The van der Waals surface area contributed by atoms with E-state index >= 15 is 0 Å². The fourth-order valence-corrected chi connectivity index (χ4v) is 7.45. The summed E-state index contributed by atoms with van der Waals surface area (Å²) in [5.41, 5.74) is 5.11. The van der Waals surface area contributed by atoms with E-state index in [1.54, 1.807) is 23.6 Å². The molecule has 0 amide bonds. The summed E-state index contributed by atoms with van der Waals surface area (Å²) >= 11 is 1.65. The summed E-state index contributed by atoms with van der Waals surface area (Å²) < 4.78 is 11.7. The predicted octanol–water partition coefficient (Wildman–Crippen LogP) is 5.53. The van der Waals surface area contributed by atoms with Crippen LogP contribution in [0, 0.1) is 11.3 Å². The van der Waals surface area contributed by atoms with Crippen molar-refractivity contribution in [2.45, 2.75) is 19.8 Å². The normalized spacial score (nSPS) is 18.7. The molecule has 5 heterocycles. The molecule has 0 saturated carbocycles. The number of rotatable bonds is 9. The second kappa shape index (κ2) is 11.4. The van der Waals surface area contributed by atoms with Crippen molar-refractivity contribution in [2.75, 3.05) is 61.2 Å². The Labute approximate surface area is 251 Å². The average molecular weight is 585 g/mol. The Balaban J connectivity index is 1.09. The zero-order chi connectivity index (χ0) is 28.7. The van der Waals surface area contributed by atoms with Crippen LogP contribution in [-0.2, 0) is 7.05 Å². The number of fused-ring (bicyclic) bond motifs is 1. The first-order chi connectivity index (χ1) is 20.5. The molecule has 7 rings (SSSR count). The van der Waals surface area contributed by atoms with E-state index in [9.17, 15) is 4.79 Å². The van der Waals surface area contributed by atoms with Crippen molar-refractivity contribution in [3.05, 3.63) is 71.3 Å². The first-order valence-corrected chi connectivity index (χ1v) is 16.1. The first kappa shape index (κ1) is 27.4. The van der Waals surface area contributed by atoms with Gasteiger partial charge in [0.2, 0.25) is 0 Å². The second-order valence-electron chi connectivity index (χ2n) is 12.3. The number of aromatic nitrogens is 2. The Morgan fingerprint density at radius 3 is 2.69 bits per heavy atom. The molecule has 4 aromatic rings. The lowest BCUT2D eigenvalue weighted by molar-refractivity contribution is -0.0327. The third-order valence-corrected chi connectivity index (χ3v) is 9.72. The Morgan fingerprint density at radius 2 is 1.88 bits per heavy atom. The number of nitrogens with one attached hydrogen (secondary N) is 3. The molecular formula is C33H40N6O2S. The molecule has 0 unspecified atom stereocenters. The van der Waals surface area contributed by atoms with Crippen LogP contribution in [0.1, 0.15) is 19.8 Å². The summed E-state index contributed by atoms with van der Waals surface area (Å²) in [4.78, 5) is 21.0. The standard InChI is InChI=1S/C33H40N6O2S/c1-3-42-36-24-7-8-30(28(15-24)29-18-37(2)32(40)31-27(29)11-14-35-31)41-26-6-4-5-25(16-26)39-21-33(22-39)19-38(20-33)17-23-9-12-34-13-10-23/h4-8,11,14-16,18,23,34-36H,3,9-10,12-13,17,19-22H2,1-2H3. The number of pyridine rings is 1.